The summed E-state index contributed by atoms with van der Waals surface area (Å²) < 4.78 is 9.95. The number of esters is 2. The maximum absolute atomic E-state index is 11.8. The molecule has 1 aromatic carbocycles. The molecule has 0 N–H and O–H groups in total. The zero-order valence-electron chi connectivity index (χ0n) is 10.8. The van der Waals surface area contributed by atoms with Crippen LogP contribution >= 0.6 is 0 Å². The molecular formula is C16H12O4. The second-order valence-electron chi connectivity index (χ2n) is 4.51. The number of hydrogen-bond donors (Lipinski definition) is 0. The summed E-state index contributed by atoms with van der Waals surface area (Å²) in [5.41, 5.74) is 1.96. The molecule has 1 saturated heterocycles. The highest BCUT2D eigenvalue weighted by Crippen LogP contribution is 2.35. The molecule has 1 heterocycles. The van der Waals surface area contributed by atoms with Gasteiger partial charge in [0.2, 0.25) is 0 Å². The van der Waals surface area contributed by atoms with Crippen molar-refractivity contribution < 1.29 is 19.1 Å². The van der Waals surface area contributed by atoms with Crippen molar-refractivity contribution in [2.75, 3.05) is 7.11 Å². The summed E-state index contributed by atoms with van der Waals surface area (Å²) in [5.74, 6) is -0.998. The highest BCUT2D eigenvalue weighted by Gasteiger charge is 2.41. The fourth-order valence-corrected chi connectivity index (χ4v) is 2.39. The number of cyclic esters (lactones) is 2. The molecule has 4 nitrogen and oxygen atoms in total. The van der Waals surface area contributed by atoms with Crippen LogP contribution in [0.2, 0.25) is 0 Å². The summed E-state index contributed by atoms with van der Waals surface area (Å²) in [6.45, 7) is 0. The molecule has 0 aromatic heterocycles. The number of benzene rings is 1. The Morgan fingerprint density at radius 2 is 2.05 bits per heavy atom. The van der Waals surface area contributed by atoms with E-state index in [1.807, 2.05) is 30.3 Å². The van der Waals surface area contributed by atoms with Gasteiger partial charge in [-0.3, -0.25) is 4.79 Å². The molecule has 1 fully saturated rings. The van der Waals surface area contributed by atoms with E-state index in [1.165, 1.54) is 0 Å². The third-order valence-electron chi connectivity index (χ3n) is 3.33. The first-order chi connectivity index (χ1) is 9.70. The maximum atomic E-state index is 11.8. The Kier molecular flexibility index (Phi) is 2.99. The molecule has 1 unspecified atom stereocenters. The molecule has 0 saturated carbocycles. The average Bonchev–Trinajstić information content (AvgIpc) is 2.76. The van der Waals surface area contributed by atoms with Crippen LogP contribution in [0.3, 0.4) is 0 Å². The lowest BCUT2D eigenvalue weighted by molar-refractivity contribution is -0.152. The quantitative estimate of drug-likeness (QED) is 0.610. The molecule has 0 radical (unpaired) electrons. The number of carbonyl (C=O) groups is 2. The fourth-order valence-electron chi connectivity index (χ4n) is 2.39. The first kappa shape index (κ1) is 12.4. The third-order valence-corrected chi connectivity index (χ3v) is 3.33. The Balaban J connectivity index is 2.04. The lowest BCUT2D eigenvalue weighted by atomic mass is 9.87. The van der Waals surface area contributed by atoms with Gasteiger partial charge in [-0.25, -0.2) is 4.79 Å². The molecule has 3 rings (SSSR count). The van der Waals surface area contributed by atoms with Gasteiger partial charge in [0.25, 0.3) is 0 Å². The average molecular weight is 268 g/mol. The van der Waals surface area contributed by atoms with Crippen LogP contribution in [-0.4, -0.2) is 19.0 Å². The van der Waals surface area contributed by atoms with Crippen molar-refractivity contribution >= 4 is 18.0 Å². The van der Waals surface area contributed by atoms with Crippen molar-refractivity contribution in [3.8, 4) is 5.75 Å². The van der Waals surface area contributed by atoms with Crippen LogP contribution in [0.1, 0.15) is 5.56 Å². The van der Waals surface area contributed by atoms with Crippen molar-refractivity contribution in [1.29, 1.82) is 0 Å². The number of ether oxygens (including phenoxy) is 2. The molecule has 2 aliphatic rings. The van der Waals surface area contributed by atoms with Crippen molar-refractivity contribution in [1.82, 2.24) is 0 Å². The van der Waals surface area contributed by atoms with Gasteiger partial charge in [-0.15, -0.1) is 0 Å². The molecule has 0 bridgehead atoms. The molecular weight excluding hydrogens is 256 g/mol. The molecule has 0 spiro atoms. The molecule has 100 valence electrons. The van der Waals surface area contributed by atoms with Gasteiger partial charge in [-0.05, 0) is 17.7 Å². The minimum Gasteiger partial charge on any atom is -0.496 e. The second kappa shape index (κ2) is 4.81. The topological polar surface area (TPSA) is 52.6 Å². The Morgan fingerprint density at radius 1 is 1.25 bits per heavy atom. The van der Waals surface area contributed by atoms with E-state index >= 15 is 0 Å². The van der Waals surface area contributed by atoms with Gasteiger partial charge in [-0.1, -0.05) is 36.4 Å². The first-order valence-electron chi connectivity index (χ1n) is 6.19. The van der Waals surface area contributed by atoms with Gasteiger partial charge < -0.3 is 9.47 Å². The minimum absolute atomic E-state index is 0.388. The van der Waals surface area contributed by atoms with E-state index in [4.69, 9.17) is 4.74 Å². The molecule has 1 aromatic rings. The zero-order chi connectivity index (χ0) is 14.1. The van der Waals surface area contributed by atoms with E-state index in [9.17, 15) is 9.59 Å². The lowest BCUT2D eigenvalue weighted by Gasteiger charge is -2.12. The first-order valence-corrected chi connectivity index (χ1v) is 6.19. The highest BCUT2D eigenvalue weighted by molar-refractivity contribution is 6.10. The number of carbonyl (C=O) groups excluding carboxylic acids is 2. The molecule has 20 heavy (non-hydrogen) atoms. The Hall–Kier alpha value is -2.62. The van der Waals surface area contributed by atoms with E-state index in [0.29, 0.717) is 11.3 Å². The van der Waals surface area contributed by atoms with Crippen LogP contribution in [0.4, 0.5) is 0 Å². The molecule has 1 aliphatic heterocycles. The monoisotopic (exact) mass is 268 g/mol. The highest BCUT2D eigenvalue weighted by atomic mass is 16.6. The van der Waals surface area contributed by atoms with Gasteiger partial charge in [0.05, 0.1) is 12.7 Å². The summed E-state index contributed by atoms with van der Waals surface area (Å²) in [7, 11) is 1.59. The van der Waals surface area contributed by atoms with Gasteiger partial charge >= 0.3 is 11.9 Å². The minimum atomic E-state index is -0.627. The van der Waals surface area contributed by atoms with Crippen molar-refractivity contribution in [3.63, 3.8) is 0 Å². The van der Waals surface area contributed by atoms with Crippen molar-refractivity contribution in [2.24, 2.45) is 5.92 Å². The van der Waals surface area contributed by atoms with E-state index in [1.54, 1.807) is 25.3 Å². The van der Waals surface area contributed by atoms with E-state index in [-0.39, 0.29) is 0 Å². The number of para-hydroxylation sites is 1. The van der Waals surface area contributed by atoms with Gasteiger partial charge in [0.15, 0.2) is 0 Å². The van der Waals surface area contributed by atoms with Gasteiger partial charge in [0.1, 0.15) is 11.7 Å². The van der Waals surface area contributed by atoms with Crippen LogP contribution < -0.4 is 4.74 Å². The molecule has 1 atom stereocenters. The van der Waals surface area contributed by atoms with Gasteiger partial charge in [-0.2, -0.15) is 0 Å². The zero-order valence-corrected chi connectivity index (χ0v) is 10.8. The largest absolute Gasteiger partial charge is 0.496 e. The number of hydrogen-bond acceptors (Lipinski definition) is 4. The second-order valence-corrected chi connectivity index (χ2v) is 4.51. The van der Waals surface area contributed by atoms with Crippen LogP contribution in [0.25, 0.3) is 6.08 Å². The van der Waals surface area contributed by atoms with E-state index < -0.39 is 17.9 Å². The standard InChI is InChI=1S/C16H12O4/c1-19-13-8-3-2-5-10(13)9-11-6-4-7-12-14(11)16(18)20-15(12)17/h2-9,14H,1H3. The smallest absolute Gasteiger partial charge is 0.342 e. The van der Waals surface area contributed by atoms with E-state index in [0.717, 1.165) is 11.1 Å². The summed E-state index contributed by atoms with van der Waals surface area (Å²) in [6.07, 6.45) is 7.01. The maximum Gasteiger partial charge on any atom is 0.342 e. The van der Waals surface area contributed by atoms with Crippen LogP contribution in [0.15, 0.2) is 53.6 Å². The normalized spacial score (nSPS) is 22.6. The summed E-state index contributed by atoms with van der Waals surface area (Å²) in [5, 5.41) is 0. The number of rotatable bonds is 2. The predicted molar refractivity (Wildman–Crippen MR) is 72.8 cm³/mol. The van der Waals surface area contributed by atoms with Crippen molar-refractivity contribution in [3.05, 3.63) is 59.2 Å². The Labute approximate surface area is 116 Å². The van der Waals surface area contributed by atoms with Gasteiger partial charge in [0, 0.05) is 5.56 Å². The Morgan fingerprint density at radius 3 is 2.85 bits per heavy atom. The summed E-state index contributed by atoms with van der Waals surface area (Å²) in [6, 6.07) is 7.49. The van der Waals surface area contributed by atoms with Crippen LogP contribution in [0, 0.1) is 5.92 Å². The summed E-state index contributed by atoms with van der Waals surface area (Å²) >= 11 is 0. The SMILES string of the molecule is COc1ccccc1C=C1C=CC=C2C(=O)OC(=O)C12. The van der Waals surface area contributed by atoms with Crippen LogP contribution in [0.5, 0.6) is 5.75 Å². The molecule has 4 heteroatoms. The lowest BCUT2D eigenvalue weighted by Crippen LogP contribution is -2.13. The predicted octanol–water partition coefficient (Wildman–Crippen LogP) is 2.27. The fraction of sp³-hybridized carbons (Fsp3) is 0.125. The summed E-state index contributed by atoms with van der Waals surface area (Å²) in [4.78, 5) is 23.3. The number of allylic oxidation sites excluding steroid dienone is 3. The Bertz CT molecular complexity index is 679. The molecule has 1 aliphatic carbocycles. The van der Waals surface area contributed by atoms with Crippen molar-refractivity contribution in [2.45, 2.75) is 0 Å². The number of fused-ring (bicyclic) bond motifs is 1. The van der Waals surface area contributed by atoms with E-state index in [2.05, 4.69) is 4.74 Å². The van der Waals surface area contributed by atoms with Crippen LogP contribution in [-0.2, 0) is 14.3 Å². The third kappa shape index (κ3) is 1.95. The number of methoxy groups -OCH3 is 1. The molecule has 0 amide bonds.